The summed E-state index contributed by atoms with van der Waals surface area (Å²) in [5, 5.41) is 3.87. The molecule has 0 spiro atoms. The van der Waals surface area contributed by atoms with Gasteiger partial charge < -0.3 is 0 Å². The standard InChI is InChI=1S/C7H12ClN3O2S/c1-5(2)10-14(12,13)7-6(8)4-9-11(7)3/h4-5,10H,1-3H3. The van der Waals surface area contributed by atoms with Gasteiger partial charge in [-0.2, -0.15) is 5.10 Å². The first-order chi connectivity index (χ1) is 6.34. The van der Waals surface area contributed by atoms with E-state index in [2.05, 4.69) is 9.82 Å². The zero-order valence-corrected chi connectivity index (χ0v) is 9.72. The van der Waals surface area contributed by atoms with Crippen molar-refractivity contribution in [1.82, 2.24) is 14.5 Å². The highest BCUT2D eigenvalue weighted by molar-refractivity contribution is 7.89. The maximum Gasteiger partial charge on any atom is 0.259 e. The minimum atomic E-state index is -3.56. The van der Waals surface area contributed by atoms with Gasteiger partial charge >= 0.3 is 0 Å². The summed E-state index contributed by atoms with van der Waals surface area (Å²) in [5.41, 5.74) is 0. The Bertz CT molecular complexity index is 405. The summed E-state index contributed by atoms with van der Waals surface area (Å²) in [6.07, 6.45) is 1.30. The zero-order chi connectivity index (χ0) is 10.9. The Morgan fingerprint density at radius 2 is 2.14 bits per heavy atom. The fraction of sp³-hybridized carbons (Fsp3) is 0.571. The zero-order valence-electron chi connectivity index (χ0n) is 8.15. The summed E-state index contributed by atoms with van der Waals surface area (Å²) >= 11 is 5.71. The van der Waals surface area contributed by atoms with Crippen molar-refractivity contribution >= 4 is 21.6 Å². The van der Waals surface area contributed by atoms with Gasteiger partial charge in [0.2, 0.25) is 0 Å². The van der Waals surface area contributed by atoms with Crippen molar-refractivity contribution in [2.75, 3.05) is 0 Å². The van der Waals surface area contributed by atoms with Crippen molar-refractivity contribution in [3.63, 3.8) is 0 Å². The van der Waals surface area contributed by atoms with Crippen molar-refractivity contribution in [3.05, 3.63) is 11.2 Å². The number of nitrogens with zero attached hydrogens (tertiary/aromatic N) is 2. The van der Waals surface area contributed by atoms with Crippen LogP contribution in [0.4, 0.5) is 0 Å². The van der Waals surface area contributed by atoms with Gasteiger partial charge in [0.25, 0.3) is 10.0 Å². The minimum absolute atomic E-state index is 0.00660. The Balaban J connectivity index is 3.17. The third kappa shape index (κ3) is 2.26. The van der Waals surface area contributed by atoms with E-state index < -0.39 is 10.0 Å². The van der Waals surface area contributed by atoms with Crippen LogP contribution in [0.15, 0.2) is 11.2 Å². The van der Waals surface area contributed by atoms with Gasteiger partial charge in [-0.25, -0.2) is 13.1 Å². The molecule has 0 aliphatic carbocycles. The number of aromatic nitrogens is 2. The molecule has 0 atom stereocenters. The molecule has 0 radical (unpaired) electrons. The van der Waals surface area contributed by atoms with Crippen LogP contribution in [0.1, 0.15) is 13.8 Å². The number of rotatable bonds is 3. The Morgan fingerprint density at radius 1 is 1.57 bits per heavy atom. The smallest absolute Gasteiger partial charge is 0.255 e. The lowest BCUT2D eigenvalue weighted by atomic mass is 10.4. The molecule has 7 heteroatoms. The molecule has 0 aliphatic heterocycles. The topological polar surface area (TPSA) is 64.0 Å². The average molecular weight is 238 g/mol. The molecule has 0 bridgehead atoms. The van der Waals surface area contributed by atoms with E-state index in [0.717, 1.165) is 0 Å². The molecule has 0 unspecified atom stereocenters. The van der Waals surface area contributed by atoms with Gasteiger partial charge in [-0.05, 0) is 13.8 Å². The first-order valence-electron chi connectivity index (χ1n) is 4.04. The monoisotopic (exact) mass is 237 g/mol. The molecule has 14 heavy (non-hydrogen) atoms. The summed E-state index contributed by atoms with van der Waals surface area (Å²) in [6, 6.07) is -0.175. The summed E-state index contributed by atoms with van der Waals surface area (Å²) in [4.78, 5) is 0. The van der Waals surface area contributed by atoms with Crippen LogP contribution >= 0.6 is 11.6 Å². The van der Waals surface area contributed by atoms with Crippen LogP contribution in [-0.4, -0.2) is 24.2 Å². The van der Waals surface area contributed by atoms with Crippen molar-refractivity contribution < 1.29 is 8.42 Å². The Labute approximate surface area is 88.1 Å². The van der Waals surface area contributed by atoms with Crippen LogP contribution in [0.25, 0.3) is 0 Å². The molecule has 0 amide bonds. The molecular formula is C7H12ClN3O2S. The Hall–Kier alpha value is -0.590. The van der Waals surface area contributed by atoms with Crippen molar-refractivity contribution in [2.24, 2.45) is 7.05 Å². The molecule has 0 saturated carbocycles. The largest absolute Gasteiger partial charge is 0.259 e. The van der Waals surface area contributed by atoms with Gasteiger partial charge in [0.15, 0.2) is 5.03 Å². The molecule has 1 aromatic rings. The van der Waals surface area contributed by atoms with E-state index in [1.165, 1.54) is 17.9 Å². The van der Waals surface area contributed by atoms with Crippen LogP contribution < -0.4 is 4.72 Å². The fourth-order valence-electron chi connectivity index (χ4n) is 1.07. The number of sulfonamides is 1. The second kappa shape index (κ2) is 3.88. The highest BCUT2D eigenvalue weighted by atomic mass is 35.5. The van der Waals surface area contributed by atoms with Crippen molar-refractivity contribution in [3.8, 4) is 0 Å². The van der Waals surface area contributed by atoms with Crippen LogP contribution in [0.3, 0.4) is 0 Å². The average Bonchev–Trinajstić information content (AvgIpc) is 2.27. The fourth-order valence-corrected chi connectivity index (χ4v) is 2.98. The van der Waals surface area contributed by atoms with E-state index in [4.69, 9.17) is 11.6 Å². The molecule has 1 rings (SSSR count). The van der Waals surface area contributed by atoms with E-state index in [9.17, 15) is 8.42 Å². The van der Waals surface area contributed by atoms with Gasteiger partial charge in [0.1, 0.15) is 0 Å². The van der Waals surface area contributed by atoms with Crippen LogP contribution in [0, 0.1) is 0 Å². The molecule has 0 fully saturated rings. The van der Waals surface area contributed by atoms with Crippen molar-refractivity contribution in [1.29, 1.82) is 0 Å². The van der Waals surface area contributed by atoms with Gasteiger partial charge in [0.05, 0.1) is 11.2 Å². The second-order valence-corrected chi connectivity index (χ2v) is 5.23. The maximum atomic E-state index is 11.7. The van der Waals surface area contributed by atoms with Gasteiger partial charge in [0, 0.05) is 13.1 Å². The predicted molar refractivity (Wildman–Crippen MR) is 53.7 cm³/mol. The SMILES string of the molecule is CC(C)NS(=O)(=O)c1c(Cl)cnn1C. The lowest BCUT2D eigenvalue weighted by Crippen LogP contribution is -2.31. The molecule has 1 heterocycles. The summed E-state index contributed by atoms with van der Waals surface area (Å²) < 4.78 is 27.0. The normalized spacial score (nSPS) is 12.4. The number of nitrogens with one attached hydrogen (secondary N) is 1. The number of hydrogen-bond donors (Lipinski definition) is 1. The predicted octanol–water partition coefficient (Wildman–Crippen LogP) is 0.760. The van der Waals surface area contributed by atoms with Crippen LogP contribution in [-0.2, 0) is 17.1 Å². The van der Waals surface area contributed by atoms with E-state index >= 15 is 0 Å². The molecule has 5 nitrogen and oxygen atoms in total. The molecule has 1 N–H and O–H groups in total. The third-order valence-corrected chi connectivity index (χ3v) is 3.65. The first kappa shape index (κ1) is 11.5. The lowest BCUT2D eigenvalue weighted by molar-refractivity contribution is 0.553. The quantitative estimate of drug-likeness (QED) is 0.844. The lowest BCUT2D eigenvalue weighted by Gasteiger charge is -2.09. The number of halogens is 1. The van der Waals surface area contributed by atoms with E-state index in [1.807, 2.05) is 0 Å². The van der Waals surface area contributed by atoms with E-state index in [1.54, 1.807) is 13.8 Å². The molecule has 1 aromatic heterocycles. The molecule has 80 valence electrons. The maximum absolute atomic E-state index is 11.7. The summed E-state index contributed by atoms with van der Waals surface area (Å²) in [7, 11) is -2.03. The summed E-state index contributed by atoms with van der Waals surface area (Å²) in [6.45, 7) is 3.48. The minimum Gasteiger partial charge on any atom is -0.255 e. The molecular weight excluding hydrogens is 226 g/mol. The highest BCUT2D eigenvalue weighted by Crippen LogP contribution is 2.19. The highest BCUT2D eigenvalue weighted by Gasteiger charge is 2.22. The van der Waals surface area contributed by atoms with Gasteiger partial charge in [-0.1, -0.05) is 11.6 Å². The van der Waals surface area contributed by atoms with Gasteiger partial charge in [-0.15, -0.1) is 0 Å². The number of aryl methyl sites for hydroxylation is 1. The molecule has 0 saturated heterocycles. The van der Waals surface area contributed by atoms with Crippen LogP contribution in [0.5, 0.6) is 0 Å². The second-order valence-electron chi connectivity index (χ2n) is 3.20. The van der Waals surface area contributed by atoms with E-state index in [-0.39, 0.29) is 16.1 Å². The third-order valence-electron chi connectivity index (χ3n) is 1.49. The first-order valence-corrected chi connectivity index (χ1v) is 5.90. The number of hydrogen-bond acceptors (Lipinski definition) is 3. The van der Waals surface area contributed by atoms with Crippen molar-refractivity contribution in [2.45, 2.75) is 24.9 Å². The molecule has 0 aromatic carbocycles. The Morgan fingerprint density at radius 3 is 2.50 bits per heavy atom. The molecule has 0 aliphatic rings. The van der Waals surface area contributed by atoms with Gasteiger partial charge in [-0.3, -0.25) is 4.68 Å². The van der Waals surface area contributed by atoms with Crippen LogP contribution in [0.2, 0.25) is 5.02 Å². The summed E-state index contributed by atoms with van der Waals surface area (Å²) in [5.74, 6) is 0. The Kier molecular flexibility index (Phi) is 3.18. The van der Waals surface area contributed by atoms with E-state index in [0.29, 0.717) is 0 Å².